The van der Waals surface area contributed by atoms with Crippen molar-refractivity contribution < 1.29 is 9.50 Å². The third-order valence-electron chi connectivity index (χ3n) is 3.40. The quantitative estimate of drug-likeness (QED) is 0.845. The van der Waals surface area contributed by atoms with Gasteiger partial charge in [-0.15, -0.1) is 0 Å². The summed E-state index contributed by atoms with van der Waals surface area (Å²) in [7, 11) is 2.00. The molecule has 0 aromatic heterocycles. The third-order valence-corrected chi connectivity index (χ3v) is 3.93. The lowest BCUT2D eigenvalue weighted by Crippen LogP contribution is -2.20. The van der Waals surface area contributed by atoms with Crippen molar-refractivity contribution in [3.8, 4) is 0 Å². The Morgan fingerprint density at radius 3 is 2.33 bits per heavy atom. The number of aliphatic hydroxyl groups excluding tert-OH is 1. The van der Waals surface area contributed by atoms with E-state index in [0.717, 1.165) is 28.7 Å². The lowest BCUT2D eigenvalue weighted by atomic mass is 10.1. The summed E-state index contributed by atoms with van der Waals surface area (Å²) in [5, 5.41) is 10.2. The summed E-state index contributed by atoms with van der Waals surface area (Å²) in [6.07, 6.45) is 0.202. The van der Waals surface area contributed by atoms with E-state index in [0.29, 0.717) is 6.42 Å². The van der Waals surface area contributed by atoms with Crippen LogP contribution in [0.1, 0.15) is 23.7 Å². The molecule has 2 nitrogen and oxygen atoms in total. The molecule has 0 aliphatic heterocycles. The van der Waals surface area contributed by atoms with Crippen molar-refractivity contribution in [3.63, 3.8) is 0 Å². The summed E-state index contributed by atoms with van der Waals surface area (Å²) in [6, 6.07) is 14.2. The number of nitrogens with zero attached hydrogens (tertiary/aromatic N) is 1. The van der Waals surface area contributed by atoms with Crippen LogP contribution in [0.3, 0.4) is 0 Å². The van der Waals surface area contributed by atoms with Crippen LogP contribution in [0, 0.1) is 5.82 Å². The number of hydrogen-bond donors (Lipinski definition) is 1. The van der Waals surface area contributed by atoms with Gasteiger partial charge in [0, 0.05) is 17.6 Å². The van der Waals surface area contributed by atoms with Crippen LogP contribution in [0.2, 0.25) is 0 Å². The van der Waals surface area contributed by atoms with Gasteiger partial charge >= 0.3 is 0 Å². The molecule has 1 unspecified atom stereocenters. The summed E-state index contributed by atoms with van der Waals surface area (Å²) >= 11 is 3.38. The molecule has 0 spiro atoms. The van der Waals surface area contributed by atoms with Gasteiger partial charge in [0.15, 0.2) is 0 Å². The molecule has 0 amide bonds. The summed E-state index contributed by atoms with van der Waals surface area (Å²) < 4.78 is 13.9. The Kier molecular flexibility index (Phi) is 5.91. The van der Waals surface area contributed by atoms with Gasteiger partial charge in [-0.1, -0.05) is 40.2 Å². The highest BCUT2D eigenvalue weighted by atomic mass is 79.9. The monoisotopic (exact) mass is 351 g/mol. The molecule has 0 saturated carbocycles. The molecule has 2 aromatic rings. The molecular formula is C17H19BrFNO. The van der Waals surface area contributed by atoms with E-state index in [1.807, 2.05) is 31.3 Å². The number of aliphatic hydroxyl groups is 1. The number of halogens is 2. The topological polar surface area (TPSA) is 23.5 Å². The van der Waals surface area contributed by atoms with E-state index in [-0.39, 0.29) is 5.82 Å². The average molecular weight is 352 g/mol. The van der Waals surface area contributed by atoms with Gasteiger partial charge in [0.25, 0.3) is 0 Å². The van der Waals surface area contributed by atoms with Gasteiger partial charge in [-0.3, -0.25) is 0 Å². The minimum absolute atomic E-state index is 0.216. The third kappa shape index (κ3) is 5.23. The van der Waals surface area contributed by atoms with Crippen molar-refractivity contribution in [1.82, 2.24) is 4.90 Å². The van der Waals surface area contributed by atoms with Crippen molar-refractivity contribution in [2.45, 2.75) is 19.1 Å². The van der Waals surface area contributed by atoms with Crippen LogP contribution in [-0.4, -0.2) is 23.6 Å². The van der Waals surface area contributed by atoms with E-state index in [4.69, 9.17) is 0 Å². The predicted molar refractivity (Wildman–Crippen MR) is 86.5 cm³/mol. The molecule has 0 bridgehead atoms. The molecule has 1 atom stereocenters. The maximum Gasteiger partial charge on any atom is 0.123 e. The Bertz CT molecular complexity index is 556. The minimum atomic E-state index is -0.464. The predicted octanol–water partition coefficient (Wildman–Crippen LogP) is 4.14. The second-order valence-corrected chi connectivity index (χ2v) is 6.14. The lowest BCUT2D eigenvalue weighted by molar-refractivity contribution is 0.147. The first-order chi connectivity index (χ1) is 10.0. The highest BCUT2D eigenvalue weighted by molar-refractivity contribution is 9.10. The smallest absolute Gasteiger partial charge is 0.123 e. The van der Waals surface area contributed by atoms with Gasteiger partial charge in [0.1, 0.15) is 5.82 Å². The molecule has 112 valence electrons. The standard InChI is InChI=1S/C17H19BrFNO/c1-20(12-13-2-8-16(19)9-3-13)11-10-17(21)14-4-6-15(18)7-5-14/h2-9,17,21H,10-12H2,1H3. The zero-order chi connectivity index (χ0) is 15.2. The Morgan fingerprint density at radius 1 is 1.10 bits per heavy atom. The molecule has 21 heavy (non-hydrogen) atoms. The second kappa shape index (κ2) is 7.69. The van der Waals surface area contributed by atoms with Gasteiger partial charge in [0.2, 0.25) is 0 Å². The normalized spacial score (nSPS) is 12.6. The maximum atomic E-state index is 12.8. The summed E-state index contributed by atoms with van der Waals surface area (Å²) in [4.78, 5) is 2.12. The Morgan fingerprint density at radius 2 is 1.71 bits per heavy atom. The second-order valence-electron chi connectivity index (χ2n) is 5.22. The van der Waals surface area contributed by atoms with Gasteiger partial charge in [-0.05, 0) is 48.9 Å². The van der Waals surface area contributed by atoms with Crippen molar-refractivity contribution in [1.29, 1.82) is 0 Å². The first-order valence-corrected chi connectivity index (χ1v) is 7.70. The Hall–Kier alpha value is -1.23. The van der Waals surface area contributed by atoms with Crippen LogP contribution in [0.5, 0.6) is 0 Å². The van der Waals surface area contributed by atoms with Gasteiger partial charge < -0.3 is 10.0 Å². The summed E-state index contributed by atoms with van der Waals surface area (Å²) in [5.41, 5.74) is 1.99. The van der Waals surface area contributed by atoms with Gasteiger partial charge in [0.05, 0.1) is 6.10 Å². The molecule has 0 fully saturated rings. The zero-order valence-electron chi connectivity index (χ0n) is 12.0. The van der Waals surface area contributed by atoms with Crippen LogP contribution in [0.4, 0.5) is 4.39 Å². The molecule has 0 aliphatic carbocycles. The van der Waals surface area contributed by atoms with Gasteiger partial charge in [-0.25, -0.2) is 4.39 Å². The molecule has 4 heteroatoms. The van der Waals surface area contributed by atoms with Crippen LogP contribution >= 0.6 is 15.9 Å². The van der Waals surface area contributed by atoms with Crippen molar-refractivity contribution in [2.75, 3.05) is 13.6 Å². The SMILES string of the molecule is CN(CCC(O)c1ccc(Br)cc1)Cc1ccc(F)cc1. The van der Waals surface area contributed by atoms with Crippen molar-refractivity contribution in [2.24, 2.45) is 0 Å². The lowest BCUT2D eigenvalue weighted by Gasteiger charge is -2.19. The number of rotatable bonds is 6. The molecule has 0 aliphatic rings. The van der Waals surface area contributed by atoms with E-state index < -0.39 is 6.10 Å². The fourth-order valence-corrected chi connectivity index (χ4v) is 2.44. The molecule has 0 saturated heterocycles. The Labute approximate surface area is 133 Å². The number of hydrogen-bond acceptors (Lipinski definition) is 2. The number of benzene rings is 2. The highest BCUT2D eigenvalue weighted by Crippen LogP contribution is 2.19. The summed E-state index contributed by atoms with van der Waals surface area (Å²) in [6.45, 7) is 1.52. The molecule has 0 heterocycles. The van der Waals surface area contributed by atoms with Crippen molar-refractivity contribution >= 4 is 15.9 Å². The summed E-state index contributed by atoms with van der Waals surface area (Å²) in [5.74, 6) is -0.216. The van der Waals surface area contributed by atoms with E-state index in [2.05, 4.69) is 20.8 Å². The maximum absolute atomic E-state index is 12.8. The first kappa shape index (κ1) is 16.1. The van der Waals surface area contributed by atoms with Crippen LogP contribution in [0.25, 0.3) is 0 Å². The average Bonchev–Trinajstić information content (AvgIpc) is 2.48. The molecule has 2 rings (SSSR count). The van der Waals surface area contributed by atoms with E-state index in [1.54, 1.807) is 12.1 Å². The minimum Gasteiger partial charge on any atom is -0.388 e. The Balaban J connectivity index is 1.81. The largest absolute Gasteiger partial charge is 0.388 e. The zero-order valence-corrected chi connectivity index (χ0v) is 13.6. The van der Waals surface area contributed by atoms with E-state index in [1.165, 1.54) is 12.1 Å². The highest BCUT2D eigenvalue weighted by Gasteiger charge is 2.09. The fraction of sp³-hybridized carbons (Fsp3) is 0.294. The van der Waals surface area contributed by atoms with Crippen LogP contribution in [-0.2, 0) is 6.54 Å². The van der Waals surface area contributed by atoms with E-state index in [9.17, 15) is 9.50 Å². The van der Waals surface area contributed by atoms with Crippen molar-refractivity contribution in [3.05, 3.63) is 69.9 Å². The van der Waals surface area contributed by atoms with E-state index >= 15 is 0 Å². The molecule has 0 radical (unpaired) electrons. The van der Waals surface area contributed by atoms with Gasteiger partial charge in [-0.2, -0.15) is 0 Å². The van der Waals surface area contributed by atoms with Crippen LogP contribution < -0.4 is 0 Å². The molecule has 2 aromatic carbocycles. The molecular weight excluding hydrogens is 333 g/mol. The molecule has 1 N–H and O–H groups in total. The fourth-order valence-electron chi connectivity index (χ4n) is 2.17. The van der Waals surface area contributed by atoms with Crippen LogP contribution in [0.15, 0.2) is 53.0 Å². The first-order valence-electron chi connectivity index (χ1n) is 6.91.